The molecule has 3 nitrogen and oxygen atoms in total. The predicted octanol–water partition coefficient (Wildman–Crippen LogP) is 8.16. The van der Waals surface area contributed by atoms with Gasteiger partial charge in [0.25, 0.3) is 0 Å². The van der Waals surface area contributed by atoms with E-state index in [4.69, 9.17) is 10.00 Å². The van der Waals surface area contributed by atoms with Crippen LogP contribution in [0.25, 0.3) is 0 Å². The zero-order valence-corrected chi connectivity index (χ0v) is 20.1. The maximum absolute atomic E-state index is 14.6. The summed E-state index contributed by atoms with van der Waals surface area (Å²) in [5.74, 6) is -0.809. The Morgan fingerprint density at radius 3 is 2.29 bits per heavy atom. The molecule has 5 heteroatoms. The fraction of sp³-hybridized carbons (Fsp3) is 0.517. The molecule has 0 aliphatic heterocycles. The van der Waals surface area contributed by atoms with Crippen LogP contribution in [-0.2, 0) is 6.42 Å². The summed E-state index contributed by atoms with van der Waals surface area (Å²) in [6, 6.07) is 9.78. The standard InChI is InChI=1S/C29H35F2NO2/c1-2-3-4-5-6-7-21-8-10-22(11-9-21)12-13-23-14-17-26(28(31)18-23)29(33)34-25-16-15-24(20-32)27(30)19-25/h14-19,21-22H,2-13H2,1H3. The average Bonchev–Trinajstić information content (AvgIpc) is 2.83. The van der Waals surface area contributed by atoms with Gasteiger partial charge in [-0.15, -0.1) is 0 Å². The van der Waals surface area contributed by atoms with Crippen molar-refractivity contribution in [2.75, 3.05) is 0 Å². The van der Waals surface area contributed by atoms with Gasteiger partial charge in [-0.2, -0.15) is 5.26 Å². The van der Waals surface area contributed by atoms with Crippen molar-refractivity contribution in [2.45, 2.75) is 84.0 Å². The van der Waals surface area contributed by atoms with Gasteiger partial charge in [0.05, 0.1) is 11.1 Å². The van der Waals surface area contributed by atoms with E-state index in [0.717, 1.165) is 30.4 Å². The van der Waals surface area contributed by atoms with E-state index in [2.05, 4.69) is 6.92 Å². The Morgan fingerprint density at radius 1 is 0.941 bits per heavy atom. The molecule has 0 aromatic heterocycles. The van der Waals surface area contributed by atoms with Crippen molar-refractivity contribution in [1.29, 1.82) is 5.26 Å². The minimum absolute atomic E-state index is 0.0680. The van der Waals surface area contributed by atoms with E-state index in [-0.39, 0.29) is 16.9 Å². The number of hydrogen-bond acceptors (Lipinski definition) is 3. The van der Waals surface area contributed by atoms with Gasteiger partial charge in [0.1, 0.15) is 23.5 Å². The summed E-state index contributed by atoms with van der Waals surface area (Å²) in [5.41, 5.74) is 0.538. The molecular weight excluding hydrogens is 432 g/mol. The number of carbonyl (C=O) groups is 1. The monoisotopic (exact) mass is 467 g/mol. The van der Waals surface area contributed by atoms with Crippen LogP contribution in [0.3, 0.4) is 0 Å². The van der Waals surface area contributed by atoms with E-state index in [1.165, 1.54) is 88.5 Å². The smallest absolute Gasteiger partial charge is 0.346 e. The van der Waals surface area contributed by atoms with Crippen LogP contribution < -0.4 is 4.74 Å². The van der Waals surface area contributed by atoms with Crippen molar-refractivity contribution < 1.29 is 18.3 Å². The lowest BCUT2D eigenvalue weighted by Crippen LogP contribution is -2.15. The molecule has 1 aliphatic carbocycles. The third-order valence-corrected chi connectivity index (χ3v) is 7.05. The minimum atomic E-state index is -0.888. The van der Waals surface area contributed by atoms with Crippen molar-refractivity contribution in [3.8, 4) is 11.8 Å². The highest BCUT2D eigenvalue weighted by atomic mass is 19.1. The lowest BCUT2D eigenvalue weighted by molar-refractivity contribution is 0.0729. The molecular formula is C29H35F2NO2. The molecule has 0 heterocycles. The number of benzene rings is 2. The number of nitrogens with zero attached hydrogens (tertiary/aromatic N) is 1. The Morgan fingerprint density at radius 2 is 1.65 bits per heavy atom. The summed E-state index contributed by atoms with van der Waals surface area (Å²) in [7, 11) is 0. The molecule has 0 unspecified atom stereocenters. The van der Waals surface area contributed by atoms with Crippen LogP contribution in [0.4, 0.5) is 8.78 Å². The maximum Gasteiger partial charge on any atom is 0.346 e. The molecule has 1 aliphatic rings. The van der Waals surface area contributed by atoms with Crippen LogP contribution in [0, 0.1) is 34.8 Å². The second kappa shape index (κ2) is 13.2. The molecule has 0 spiro atoms. The van der Waals surface area contributed by atoms with Crippen molar-refractivity contribution in [1.82, 2.24) is 0 Å². The van der Waals surface area contributed by atoms with Crippen molar-refractivity contribution >= 4 is 5.97 Å². The molecule has 0 bridgehead atoms. The molecule has 1 fully saturated rings. The first kappa shape index (κ1) is 25.9. The van der Waals surface area contributed by atoms with Gasteiger partial charge in [0.2, 0.25) is 0 Å². The van der Waals surface area contributed by atoms with Crippen molar-refractivity contribution in [2.24, 2.45) is 11.8 Å². The fourth-order valence-corrected chi connectivity index (χ4v) is 4.91. The van der Waals surface area contributed by atoms with Gasteiger partial charge < -0.3 is 4.74 Å². The molecule has 0 saturated heterocycles. The van der Waals surface area contributed by atoms with Gasteiger partial charge in [0.15, 0.2) is 0 Å². The molecule has 0 amide bonds. The molecule has 2 aromatic rings. The van der Waals surface area contributed by atoms with Gasteiger partial charge in [-0.3, -0.25) is 0 Å². The summed E-state index contributed by atoms with van der Waals surface area (Å²) in [6.45, 7) is 2.25. The van der Waals surface area contributed by atoms with Gasteiger partial charge in [-0.1, -0.05) is 77.2 Å². The van der Waals surface area contributed by atoms with Gasteiger partial charge in [-0.25, -0.2) is 13.6 Å². The fourth-order valence-electron chi connectivity index (χ4n) is 4.91. The quantitative estimate of drug-likeness (QED) is 0.190. The Kier molecular flexibility index (Phi) is 10.1. The first-order valence-electron chi connectivity index (χ1n) is 12.7. The molecule has 182 valence electrons. The number of hydrogen-bond donors (Lipinski definition) is 0. The van der Waals surface area contributed by atoms with Crippen LogP contribution in [0.5, 0.6) is 5.75 Å². The van der Waals surface area contributed by atoms with Crippen molar-refractivity contribution in [3.63, 3.8) is 0 Å². The van der Waals surface area contributed by atoms with Crippen LogP contribution in [0.2, 0.25) is 0 Å². The highest BCUT2D eigenvalue weighted by Crippen LogP contribution is 2.34. The number of halogens is 2. The SMILES string of the molecule is CCCCCCCC1CCC(CCc2ccc(C(=O)Oc3ccc(C#N)c(F)c3)c(F)c2)CC1. The largest absolute Gasteiger partial charge is 0.423 e. The summed E-state index contributed by atoms with van der Waals surface area (Å²) in [6.07, 6.45) is 15.1. The van der Waals surface area contributed by atoms with Gasteiger partial charge in [-0.05, 0) is 54.5 Å². The number of carbonyl (C=O) groups excluding carboxylic acids is 1. The van der Waals surface area contributed by atoms with Crippen LogP contribution in [-0.4, -0.2) is 5.97 Å². The Hall–Kier alpha value is -2.74. The van der Waals surface area contributed by atoms with Crippen LogP contribution >= 0.6 is 0 Å². The molecule has 0 N–H and O–H groups in total. The lowest BCUT2D eigenvalue weighted by Gasteiger charge is -2.28. The molecule has 3 rings (SSSR count). The zero-order valence-electron chi connectivity index (χ0n) is 20.1. The first-order valence-corrected chi connectivity index (χ1v) is 12.7. The second-order valence-electron chi connectivity index (χ2n) is 9.59. The number of aryl methyl sites for hydroxylation is 1. The van der Waals surface area contributed by atoms with E-state index in [1.54, 1.807) is 12.1 Å². The van der Waals surface area contributed by atoms with Gasteiger partial charge >= 0.3 is 5.97 Å². The molecule has 0 atom stereocenters. The summed E-state index contributed by atoms with van der Waals surface area (Å²) >= 11 is 0. The van der Waals surface area contributed by atoms with E-state index in [1.807, 2.05) is 0 Å². The average molecular weight is 468 g/mol. The van der Waals surface area contributed by atoms with E-state index in [9.17, 15) is 13.6 Å². The lowest BCUT2D eigenvalue weighted by atomic mass is 9.77. The number of ether oxygens (including phenoxy) is 1. The number of unbranched alkanes of at least 4 members (excludes halogenated alkanes) is 4. The Labute approximate surface area is 202 Å². The minimum Gasteiger partial charge on any atom is -0.423 e. The van der Waals surface area contributed by atoms with E-state index < -0.39 is 17.6 Å². The summed E-state index contributed by atoms with van der Waals surface area (Å²) < 4.78 is 33.4. The maximum atomic E-state index is 14.6. The third-order valence-electron chi connectivity index (χ3n) is 7.05. The third kappa shape index (κ3) is 7.65. The Bertz CT molecular complexity index is 990. The number of nitriles is 1. The summed E-state index contributed by atoms with van der Waals surface area (Å²) in [4.78, 5) is 12.3. The number of esters is 1. The highest BCUT2D eigenvalue weighted by molar-refractivity contribution is 5.91. The van der Waals surface area contributed by atoms with Gasteiger partial charge in [0, 0.05) is 6.07 Å². The summed E-state index contributed by atoms with van der Waals surface area (Å²) in [5, 5.41) is 8.78. The Balaban J connectivity index is 1.43. The van der Waals surface area contributed by atoms with E-state index in [0.29, 0.717) is 5.92 Å². The first-order chi connectivity index (χ1) is 16.5. The predicted molar refractivity (Wildman–Crippen MR) is 130 cm³/mol. The van der Waals surface area contributed by atoms with Crippen molar-refractivity contribution in [3.05, 3.63) is 64.7 Å². The highest BCUT2D eigenvalue weighted by Gasteiger charge is 2.21. The normalized spacial score (nSPS) is 17.8. The second-order valence-corrected chi connectivity index (χ2v) is 9.59. The molecule has 34 heavy (non-hydrogen) atoms. The molecule has 2 aromatic carbocycles. The molecule has 0 radical (unpaired) electrons. The van der Waals surface area contributed by atoms with E-state index >= 15 is 0 Å². The number of rotatable bonds is 11. The topological polar surface area (TPSA) is 50.1 Å². The van der Waals surface area contributed by atoms with Crippen LogP contribution in [0.15, 0.2) is 36.4 Å². The van der Waals surface area contributed by atoms with Crippen LogP contribution in [0.1, 0.15) is 99.0 Å². The zero-order chi connectivity index (χ0) is 24.3. The molecule has 1 saturated carbocycles.